The third-order valence-corrected chi connectivity index (χ3v) is 3.12. The number of anilines is 1. The average molecular weight is 349 g/mol. The summed E-state index contributed by atoms with van der Waals surface area (Å²) < 4.78 is 36.2. The Morgan fingerprint density at radius 3 is 2.32 bits per heavy atom. The van der Waals surface area contributed by atoms with Crippen molar-refractivity contribution in [3.05, 3.63) is 59.2 Å². The maximum absolute atomic E-state index is 13.4. The van der Waals surface area contributed by atoms with Gasteiger partial charge in [0.05, 0.1) is 5.69 Å². The zero-order chi connectivity index (χ0) is 18.4. The highest BCUT2D eigenvalue weighted by atomic mass is 19.1. The van der Waals surface area contributed by atoms with Gasteiger partial charge >= 0.3 is 5.97 Å². The summed E-state index contributed by atoms with van der Waals surface area (Å²) in [4.78, 5) is 23.2. The standard InChI is InChI=1S/C18H17F2NO4/c1-11-5-12(2)7-14(6-11)24-10-18(23)25-9-17(22)21-16-4-3-13(19)8-15(16)20/h3-8H,9-10H2,1-2H3,(H,21,22). The maximum atomic E-state index is 13.4. The molecule has 2 aromatic rings. The van der Waals surface area contributed by atoms with Crippen LogP contribution in [0.2, 0.25) is 0 Å². The van der Waals surface area contributed by atoms with Crippen molar-refractivity contribution >= 4 is 17.6 Å². The molecule has 0 aliphatic rings. The molecule has 0 atom stereocenters. The molecule has 0 heterocycles. The Labute approximate surface area is 143 Å². The second-order valence-electron chi connectivity index (χ2n) is 5.45. The number of ether oxygens (including phenoxy) is 2. The molecule has 132 valence electrons. The summed E-state index contributed by atoms with van der Waals surface area (Å²) in [7, 11) is 0. The number of carbonyl (C=O) groups excluding carboxylic acids is 2. The van der Waals surface area contributed by atoms with E-state index in [0.717, 1.165) is 23.3 Å². The van der Waals surface area contributed by atoms with Gasteiger partial charge in [0, 0.05) is 6.07 Å². The third-order valence-electron chi connectivity index (χ3n) is 3.12. The summed E-state index contributed by atoms with van der Waals surface area (Å²) >= 11 is 0. The Hall–Kier alpha value is -2.96. The van der Waals surface area contributed by atoms with Gasteiger partial charge in [-0.25, -0.2) is 13.6 Å². The minimum Gasteiger partial charge on any atom is -0.482 e. The Kier molecular flexibility index (Phi) is 6.05. The van der Waals surface area contributed by atoms with E-state index < -0.39 is 30.1 Å². The van der Waals surface area contributed by atoms with Crippen molar-refractivity contribution in [2.45, 2.75) is 13.8 Å². The van der Waals surface area contributed by atoms with E-state index in [0.29, 0.717) is 11.8 Å². The summed E-state index contributed by atoms with van der Waals surface area (Å²) in [6.07, 6.45) is 0. The lowest BCUT2D eigenvalue weighted by Gasteiger charge is -2.09. The number of rotatable bonds is 6. The molecule has 7 heteroatoms. The number of aryl methyl sites for hydroxylation is 2. The molecule has 0 aromatic heterocycles. The lowest BCUT2D eigenvalue weighted by Crippen LogP contribution is -2.24. The first-order valence-electron chi connectivity index (χ1n) is 7.45. The highest BCUT2D eigenvalue weighted by Gasteiger charge is 2.11. The van der Waals surface area contributed by atoms with E-state index in [2.05, 4.69) is 5.32 Å². The van der Waals surface area contributed by atoms with Crippen LogP contribution in [0.15, 0.2) is 36.4 Å². The van der Waals surface area contributed by atoms with Crippen LogP contribution in [0.5, 0.6) is 5.75 Å². The fourth-order valence-corrected chi connectivity index (χ4v) is 2.12. The molecule has 0 bridgehead atoms. The van der Waals surface area contributed by atoms with Crippen molar-refractivity contribution in [2.75, 3.05) is 18.5 Å². The molecule has 0 spiro atoms. The van der Waals surface area contributed by atoms with Gasteiger partial charge in [-0.3, -0.25) is 4.79 Å². The van der Waals surface area contributed by atoms with E-state index in [1.54, 1.807) is 12.1 Å². The fourth-order valence-electron chi connectivity index (χ4n) is 2.12. The second kappa shape index (κ2) is 8.23. The number of benzene rings is 2. The van der Waals surface area contributed by atoms with Gasteiger partial charge in [-0.1, -0.05) is 6.07 Å². The van der Waals surface area contributed by atoms with Crippen molar-refractivity contribution < 1.29 is 27.8 Å². The van der Waals surface area contributed by atoms with Crippen LogP contribution < -0.4 is 10.1 Å². The van der Waals surface area contributed by atoms with Crippen LogP contribution in [0.4, 0.5) is 14.5 Å². The summed E-state index contributed by atoms with van der Waals surface area (Å²) in [6, 6.07) is 8.22. The molecule has 0 saturated heterocycles. The zero-order valence-electron chi connectivity index (χ0n) is 13.8. The van der Waals surface area contributed by atoms with Gasteiger partial charge in [-0.2, -0.15) is 0 Å². The fraction of sp³-hybridized carbons (Fsp3) is 0.222. The molecule has 0 saturated carbocycles. The van der Waals surface area contributed by atoms with Gasteiger partial charge in [-0.05, 0) is 49.2 Å². The first kappa shape index (κ1) is 18.4. The molecule has 0 aliphatic heterocycles. The Morgan fingerprint density at radius 2 is 1.68 bits per heavy atom. The van der Waals surface area contributed by atoms with Crippen LogP contribution >= 0.6 is 0 Å². The molecule has 25 heavy (non-hydrogen) atoms. The Bertz CT molecular complexity index is 772. The topological polar surface area (TPSA) is 64.6 Å². The van der Waals surface area contributed by atoms with E-state index in [4.69, 9.17) is 9.47 Å². The summed E-state index contributed by atoms with van der Waals surface area (Å²) in [5.41, 5.74) is 1.78. The first-order valence-corrected chi connectivity index (χ1v) is 7.45. The Morgan fingerprint density at radius 1 is 1.00 bits per heavy atom. The number of carbonyl (C=O) groups is 2. The van der Waals surface area contributed by atoms with E-state index in [1.165, 1.54) is 0 Å². The van der Waals surface area contributed by atoms with Gasteiger partial charge < -0.3 is 14.8 Å². The van der Waals surface area contributed by atoms with Crippen molar-refractivity contribution in [3.63, 3.8) is 0 Å². The number of nitrogens with one attached hydrogen (secondary N) is 1. The number of hydrogen-bond donors (Lipinski definition) is 1. The van der Waals surface area contributed by atoms with Crippen LogP contribution in [0, 0.1) is 25.5 Å². The van der Waals surface area contributed by atoms with Crippen LogP contribution in [-0.4, -0.2) is 25.1 Å². The highest BCUT2D eigenvalue weighted by Crippen LogP contribution is 2.16. The smallest absolute Gasteiger partial charge is 0.344 e. The first-order chi connectivity index (χ1) is 11.8. The van der Waals surface area contributed by atoms with E-state index in [9.17, 15) is 18.4 Å². The summed E-state index contributed by atoms with van der Waals surface area (Å²) in [6.45, 7) is 2.83. The number of esters is 1. The van der Waals surface area contributed by atoms with Crippen LogP contribution in [0.3, 0.4) is 0 Å². The molecule has 0 fully saturated rings. The predicted molar refractivity (Wildman–Crippen MR) is 87.4 cm³/mol. The normalized spacial score (nSPS) is 10.2. The van der Waals surface area contributed by atoms with E-state index >= 15 is 0 Å². The Balaban J connectivity index is 1.78. The SMILES string of the molecule is Cc1cc(C)cc(OCC(=O)OCC(=O)Nc2ccc(F)cc2F)c1. The average Bonchev–Trinajstić information content (AvgIpc) is 2.53. The quantitative estimate of drug-likeness (QED) is 0.814. The largest absolute Gasteiger partial charge is 0.482 e. The molecular formula is C18H17F2NO4. The third kappa shape index (κ3) is 5.87. The van der Waals surface area contributed by atoms with Gasteiger partial charge in [0.2, 0.25) is 0 Å². The monoisotopic (exact) mass is 349 g/mol. The van der Waals surface area contributed by atoms with Crippen molar-refractivity contribution in [2.24, 2.45) is 0 Å². The lowest BCUT2D eigenvalue weighted by molar-refractivity contribution is -0.149. The number of halogens is 2. The van der Waals surface area contributed by atoms with Gasteiger partial charge in [0.1, 0.15) is 17.4 Å². The second-order valence-corrected chi connectivity index (χ2v) is 5.45. The van der Waals surface area contributed by atoms with E-state index in [1.807, 2.05) is 19.9 Å². The zero-order valence-corrected chi connectivity index (χ0v) is 13.8. The number of amides is 1. The molecule has 0 unspecified atom stereocenters. The van der Waals surface area contributed by atoms with E-state index in [-0.39, 0.29) is 12.3 Å². The molecule has 1 N–H and O–H groups in total. The molecule has 1 amide bonds. The maximum Gasteiger partial charge on any atom is 0.344 e. The summed E-state index contributed by atoms with van der Waals surface area (Å²) in [5, 5.41) is 2.18. The molecule has 0 aliphatic carbocycles. The van der Waals surface area contributed by atoms with Crippen molar-refractivity contribution in [1.29, 1.82) is 0 Å². The van der Waals surface area contributed by atoms with Crippen molar-refractivity contribution in [1.82, 2.24) is 0 Å². The van der Waals surface area contributed by atoms with Crippen LogP contribution in [0.1, 0.15) is 11.1 Å². The molecular weight excluding hydrogens is 332 g/mol. The number of hydrogen-bond acceptors (Lipinski definition) is 4. The minimum absolute atomic E-state index is 0.200. The highest BCUT2D eigenvalue weighted by molar-refractivity contribution is 5.92. The molecule has 2 aromatic carbocycles. The van der Waals surface area contributed by atoms with Gasteiger partial charge in [-0.15, -0.1) is 0 Å². The lowest BCUT2D eigenvalue weighted by atomic mass is 10.1. The molecule has 2 rings (SSSR count). The van der Waals surface area contributed by atoms with Gasteiger partial charge in [0.15, 0.2) is 13.2 Å². The predicted octanol–water partition coefficient (Wildman–Crippen LogP) is 3.14. The minimum atomic E-state index is -0.919. The van der Waals surface area contributed by atoms with Gasteiger partial charge in [0.25, 0.3) is 5.91 Å². The van der Waals surface area contributed by atoms with Crippen molar-refractivity contribution in [3.8, 4) is 5.75 Å². The molecule has 0 radical (unpaired) electrons. The van der Waals surface area contributed by atoms with Crippen LogP contribution in [-0.2, 0) is 14.3 Å². The summed E-state index contributed by atoms with van der Waals surface area (Å²) in [5.74, 6) is -2.64. The molecule has 5 nitrogen and oxygen atoms in total. The van der Waals surface area contributed by atoms with Crippen LogP contribution in [0.25, 0.3) is 0 Å².